The maximum atomic E-state index is 12.0. The summed E-state index contributed by atoms with van der Waals surface area (Å²) in [5.74, 6) is -0.209. The van der Waals surface area contributed by atoms with Gasteiger partial charge in [0, 0.05) is 25.4 Å². The Morgan fingerprint density at radius 3 is 2.62 bits per heavy atom. The molecule has 0 aliphatic rings. The van der Waals surface area contributed by atoms with Crippen LogP contribution in [-0.2, 0) is 14.8 Å². The summed E-state index contributed by atoms with van der Waals surface area (Å²) in [4.78, 5) is 15.9. The highest BCUT2D eigenvalue weighted by Crippen LogP contribution is 2.16. The van der Waals surface area contributed by atoms with Crippen molar-refractivity contribution in [3.8, 4) is 0 Å². The minimum absolute atomic E-state index is 0.0313. The molecule has 0 aliphatic carbocycles. The van der Waals surface area contributed by atoms with Gasteiger partial charge in [-0.15, -0.1) is 0 Å². The highest BCUT2D eigenvalue weighted by atomic mass is 32.2. The molecule has 1 aromatic heterocycles. The topological polar surface area (TPSA) is 88.2 Å². The molecule has 1 heterocycles. The van der Waals surface area contributed by atoms with Gasteiger partial charge in [-0.3, -0.25) is 9.78 Å². The summed E-state index contributed by atoms with van der Waals surface area (Å²) in [7, 11) is -3.64. The van der Waals surface area contributed by atoms with Crippen molar-refractivity contribution in [1.29, 1.82) is 0 Å². The largest absolute Gasteiger partial charge is 0.350 e. The van der Waals surface area contributed by atoms with Gasteiger partial charge in [0.25, 0.3) is 0 Å². The first-order valence-corrected chi connectivity index (χ1v) is 9.13. The van der Waals surface area contributed by atoms with Crippen LogP contribution in [0.25, 0.3) is 0 Å². The predicted octanol–water partition coefficient (Wildman–Crippen LogP) is 1.94. The quantitative estimate of drug-likeness (QED) is 0.801. The second-order valence-corrected chi connectivity index (χ2v) is 7.25. The number of nitrogens with zero attached hydrogens (tertiary/aromatic N) is 1. The molecule has 1 atom stereocenters. The van der Waals surface area contributed by atoms with E-state index in [2.05, 4.69) is 15.0 Å². The molecule has 1 aromatic carbocycles. The van der Waals surface area contributed by atoms with Crippen molar-refractivity contribution in [2.24, 2.45) is 0 Å². The number of aryl methyl sites for hydroxylation is 1. The second-order valence-electron chi connectivity index (χ2n) is 5.48. The third-order valence-electron chi connectivity index (χ3n) is 3.62. The lowest BCUT2D eigenvalue weighted by molar-refractivity contribution is -0.121. The van der Waals surface area contributed by atoms with Crippen molar-refractivity contribution >= 4 is 15.9 Å². The van der Waals surface area contributed by atoms with E-state index in [4.69, 9.17) is 0 Å². The molecule has 1 amide bonds. The molecule has 6 nitrogen and oxygen atoms in total. The van der Waals surface area contributed by atoms with E-state index in [1.54, 1.807) is 6.07 Å². The molecular formula is C17H21N3O3S. The molecule has 0 bridgehead atoms. The van der Waals surface area contributed by atoms with Crippen LogP contribution in [-0.4, -0.2) is 25.9 Å². The number of pyridine rings is 1. The van der Waals surface area contributed by atoms with E-state index in [1.807, 2.05) is 38.1 Å². The van der Waals surface area contributed by atoms with Gasteiger partial charge in [-0.25, -0.2) is 13.1 Å². The first-order chi connectivity index (χ1) is 11.4. The highest BCUT2D eigenvalue weighted by molar-refractivity contribution is 7.89. The van der Waals surface area contributed by atoms with Crippen LogP contribution in [0.2, 0.25) is 0 Å². The zero-order valence-corrected chi connectivity index (χ0v) is 14.5. The van der Waals surface area contributed by atoms with Crippen molar-refractivity contribution in [3.63, 3.8) is 0 Å². The Morgan fingerprint density at radius 2 is 1.96 bits per heavy atom. The van der Waals surface area contributed by atoms with Crippen LogP contribution in [0.5, 0.6) is 0 Å². The molecule has 2 rings (SSSR count). The predicted molar refractivity (Wildman–Crippen MR) is 91.8 cm³/mol. The van der Waals surface area contributed by atoms with Crippen molar-refractivity contribution < 1.29 is 13.2 Å². The average molecular weight is 347 g/mol. The SMILES string of the molecule is Cc1ccccc1C(C)NC(=O)CCNS(=O)(=O)c1cccnc1. The molecule has 0 saturated heterocycles. The zero-order valence-electron chi connectivity index (χ0n) is 13.7. The van der Waals surface area contributed by atoms with E-state index in [0.29, 0.717) is 0 Å². The Morgan fingerprint density at radius 1 is 1.21 bits per heavy atom. The molecule has 0 radical (unpaired) electrons. The van der Waals surface area contributed by atoms with Gasteiger partial charge in [-0.1, -0.05) is 24.3 Å². The van der Waals surface area contributed by atoms with E-state index in [0.717, 1.165) is 11.1 Å². The van der Waals surface area contributed by atoms with E-state index < -0.39 is 10.0 Å². The summed E-state index contributed by atoms with van der Waals surface area (Å²) in [6.45, 7) is 3.92. The van der Waals surface area contributed by atoms with Crippen molar-refractivity contribution in [2.75, 3.05) is 6.54 Å². The fraction of sp³-hybridized carbons (Fsp3) is 0.294. The van der Waals surface area contributed by atoms with Crippen LogP contribution in [0.15, 0.2) is 53.7 Å². The maximum Gasteiger partial charge on any atom is 0.242 e. The van der Waals surface area contributed by atoms with Gasteiger partial charge in [0.1, 0.15) is 4.90 Å². The molecule has 0 saturated carbocycles. The van der Waals surface area contributed by atoms with Crippen LogP contribution < -0.4 is 10.0 Å². The Balaban J connectivity index is 1.85. The van der Waals surface area contributed by atoms with Gasteiger partial charge < -0.3 is 5.32 Å². The number of aromatic nitrogens is 1. The van der Waals surface area contributed by atoms with Crippen LogP contribution in [0.1, 0.15) is 30.5 Å². The molecule has 0 fully saturated rings. The highest BCUT2D eigenvalue weighted by Gasteiger charge is 2.15. The molecule has 7 heteroatoms. The molecule has 128 valence electrons. The van der Waals surface area contributed by atoms with Gasteiger partial charge in [0.2, 0.25) is 15.9 Å². The molecule has 24 heavy (non-hydrogen) atoms. The summed E-state index contributed by atoms with van der Waals surface area (Å²) in [6, 6.07) is 10.7. The van der Waals surface area contributed by atoms with E-state index in [-0.39, 0.29) is 29.8 Å². The number of rotatable bonds is 7. The molecule has 0 aliphatic heterocycles. The van der Waals surface area contributed by atoms with Crippen LogP contribution in [0.3, 0.4) is 0 Å². The summed E-state index contributed by atoms with van der Waals surface area (Å²) in [5, 5.41) is 2.88. The first kappa shape index (κ1) is 18.1. The minimum atomic E-state index is -3.64. The number of amides is 1. The van der Waals surface area contributed by atoms with Crippen LogP contribution >= 0.6 is 0 Å². The summed E-state index contributed by atoms with van der Waals surface area (Å²) in [5.41, 5.74) is 2.14. The van der Waals surface area contributed by atoms with Crippen molar-refractivity contribution in [3.05, 3.63) is 59.9 Å². The monoisotopic (exact) mass is 347 g/mol. The first-order valence-electron chi connectivity index (χ1n) is 7.65. The van der Waals surface area contributed by atoms with Gasteiger partial charge >= 0.3 is 0 Å². The van der Waals surface area contributed by atoms with Crippen LogP contribution in [0.4, 0.5) is 0 Å². The minimum Gasteiger partial charge on any atom is -0.350 e. The fourth-order valence-corrected chi connectivity index (χ4v) is 3.35. The Bertz CT molecular complexity index is 792. The molecule has 1 unspecified atom stereocenters. The standard InChI is InChI=1S/C17H21N3O3S/c1-13-6-3-4-8-16(13)14(2)20-17(21)9-11-19-24(22,23)15-7-5-10-18-12-15/h3-8,10,12,14,19H,9,11H2,1-2H3,(H,20,21). The van der Waals surface area contributed by atoms with Gasteiger partial charge in [0.15, 0.2) is 0 Å². The summed E-state index contributed by atoms with van der Waals surface area (Å²) < 4.78 is 26.4. The summed E-state index contributed by atoms with van der Waals surface area (Å²) in [6.07, 6.45) is 2.83. The number of hydrogen-bond donors (Lipinski definition) is 2. The number of sulfonamides is 1. The number of hydrogen-bond acceptors (Lipinski definition) is 4. The number of benzene rings is 1. The van der Waals surface area contributed by atoms with Gasteiger partial charge in [-0.05, 0) is 37.1 Å². The molecule has 0 spiro atoms. The Labute approximate surface area is 142 Å². The average Bonchev–Trinajstić information content (AvgIpc) is 2.55. The lowest BCUT2D eigenvalue weighted by Gasteiger charge is -2.16. The lowest BCUT2D eigenvalue weighted by Crippen LogP contribution is -2.32. The molecule has 2 aromatic rings. The third kappa shape index (κ3) is 4.87. The van der Waals surface area contributed by atoms with E-state index in [1.165, 1.54) is 18.5 Å². The molecule has 2 N–H and O–H groups in total. The Kier molecular flexibility index (Phi) is 6.05. The second kappa shape index (κ2) is 8.03. The molecular weight excluding hydrogens is 326 g/mol. The van der Waals surface area contributed by atoms with Crippen molar-refractivity contribution in [2.45, 2.75) is 31.2 Å². The van der Waals surface area contributed by atoms with Gasteiger partial charge in [0.05, 0.1) is 6.04 Å². The normalized spacial score (nSPS) is 12.6. The van der Waals surface area contributed by atoms with E-state index >= 15 is 0 Å². The van der Waals surface area contributed by atoms with E-state index in [9.17, 15) is 13.2 Å². The van der Waals surface area contributed by atoms with Crippen LogP contribution in [0, 0.1) is 6.92 Å². The number of carbonyl (C=O) groups excluding carboxylic acids is 1. The zero-order chi connectivity index (χ0) is 17.6. The fourth-order valence-electron chi connectivity index (χ4n) is 2.35. The smallest absolute Gasteiger partial charge is 0.242 e. The lowest BCUT2D eigenvalue weighted by atomic mass is 10.0. The van der Waals surface area contributed by atoms with Crippen molar-refractivity contribution in [1.82, 2.24) is 15.0 Å². The summed E-state index contributed by atoms with van der Waals surface area (Å²) >= 11 is 0. The Hall–Kier alpha value is -2.25. The van der Waals surface area contributed by atoms with Gasteiger partial charge in [-0.2, -0.15) is 0 Å². The number of carbonyl (C=O) groups is 1. The number of nitrogens with one attached hydrogen (secondary N) is 2. The third-order valence-corrected chi connectivity index (χ3v) is 5.07. The maximum absolute atomic E-state index is 12.0.